The Labute approximate surface area is 265 Å². The number of rotatable bonds is 2. The molecule has 3 aliphatic heterocycles. The van der Waals surface area contributed by atoms with E-state index in [4.69, 9.17) is 30.0 Å². The van der Waals surface area contributed by atoms with Gasteiger partial charge in [-0.2, -0.15) is 4.98 Å². The van der Waals surface area contributed by atoms with Crippen LogP contribution in [0.4, 0.5) is 17.5 Å². The van der Waals surface area contributed by atoms with Crippen molar-refractivity contribution in [2.75, 3.05) is 23.4 Å². The van der Waals surface area contributed by atoms with Crippen LogP contribution in [0.1, 0.15) is 24.4 Å². The van der Waals surface area contributed by atoms with Crippen LogP contribution < -0.4 is 33.2 Å². The third-order valence-electron chi connectivity index (χ3n) is 8.72. The number of phosphoric acid groups is 1. The van der Waals surface area contributed by atoms with Gasteiger partial charge in [0.25, 0.3) is 5.56 Å². The number of fused-ring (bicyclic) bond motifs is 6. The van der Waals surface area contributed by atoms with Gasteiger partial charge in [0.2, 0.25) is 16.8 Å². The maximum atomic E-state index is 13.3. The zero-order chi connectivity index (χ0) is 33.6. The zero-order valence-electron chi connectivity index (χ0n) is 24.3. The molecule has 9 atom stereocenters. The second-order valence-electron chi connectivity index (χ2n) is 11.5. The topological polar surface area (TPSA) is 320 Å². The van der Waals surface area contributed by atoms with Gasteiger partial charge in [-0.1, -0.05) is 0 Å². The molecule has 8 rings (SSSR count). The standard InChI is InChI=1S/C25H26N11O11P/c26-19-12-20(29-4-28-19)35(5-30-12)24-17(40)18-8(45-24)2-1-7-10(16(39)14(7)37)32-11-15(38)9(3-44-48(42,43)47-18)46-23(11)36-6-31-13-21(36)33-25(27)34-22(13)41/h4-6,8-9,11,15,17-18,23-24,32,38,40H,1-3H2,(H,42,43)(H2,26,28,29)(H3,27,33,34,41)/t8-,9-,11+,15?,17?,18+,23-,24-/m1/s1. The molecule has 252 valence electrons. The van der Waals surface area contributed by atoms with E-state index < -0.39 is 79.9 Å². The van der Waals surface area contributed by atoms with Crippen molar-refractivity contribution in [2.24, 2.45) is 0 Å². The van der Waals surface area contributed by atoms with E-state index in [0.717, 1.165) is 0 Å². The average Bonchev–Trinajstić information content (AvgIpc) is 3.80. The van der Waals surface area contributed by atoms with Gasteiger partial charge in [0.05, 0.1) is 31.1 Å². The Kier molecular flexibility index (Phi) is 6.98. The molecule has 2 bridgehead atoms. The molecule has 9 N–H and O–H groups in total. The number of nitrogen functional groups attached to an aromatic ring is 2. The maximum absolute atomic E-state index is 13.3. The van der Waals surface area contributed by atoms with Gasteiger partial charge in [-0.3, -0.25) is 37.5 Å². The van der Waals surface area contributed by atoms with E-state index in [2.05, 4.69) is 35.2 Å². The quantitative estimate of drug-likeness (QED) is 0.0726. The number of hydrogen-bond acceptors (Lipinski definition) is 18. The summed E-state index contributed by atoms with van der Waals surface area (Å²) in [7, 11) is -5.00. The van der Waals surface area contributed by atoms with Crippen LogP contribution >= 0.6 is 7.82 Å². The van der Waals surface area contributed by atoms with Gasteiger partial charge >= 0.3 is 7.82 Å². The van der Waals surface area contributed by atoms with Crippen LogP contribution in [-0.4, -0.2) is 97.3 Å². The van der Waals surface area contributed by atoms with Crippen LogP contribution in [0, 0.1) is 0 Å². The number of aliphatic hydroxyl groups excluding tert-OH is 2. The van der Waals surface area contributed by atoms with Gasteiger partial charge in [0.15, 0.2) is 35.1 Å². The highest BCUT2D eigenvalue weighted by Crippen LogP contribution is 2.50. The van der Waals surface area contributed by atoms with Crippen LogP contribution in [-0.2, 0) is 29.5 Å². The van der Waals surface area contributed by atoms with Gasteiger partial charge in [-0.05, 0) is 12.8 Å². The van der Waals surface area contributed by atoms with E-state index in [1.54, 1.807) is 0 Å². The molecular formula is C25H26N11O11P. The number of aromatic amines is 1. The van der Waals surface area contributed by atoms with Crippen molar-refractivity contribution in [1.29, 1.82) is 0 Å². The van der Waals surface area contributed by atoms with Gasteiger partial charge < -0.3 is 41.4 Å². The molecule has 23 heteroatoms. The lowest BCUT2D eigenvalue weighted by Crippen LogP contribution is -2.46. The summed E-state index contributed by atoms with van der Waals surface area (Å²) >= 11 is 0. The third kappa shape index (κ3) is 4.72. The lowest BCUT2D eigenvalue weighted by molar-refractivity contribution is -0.0504. The summed E-state index contributed by atoms with van der Waals surface area (Å²) in [5.41, 5.74) is 9.60. The van der Waals surface area contributed by atoms with Crippen molar-refractivity contribution >= 4 is 47.6 Å². The Morgan fingerprint density at radius 1 is 0.917 bits per heavy atom. The molecule has 4 aromatic heterocycles. The van der Waals surface area contributed by atoms with E-state index in [1.165, 1.54) is 28.1 Å². The van der Waals surface area contributed by atoms with Crippen molar-refractivity contribution in [2.45, 2.75) is 61.9 Å². The highest BCUT2D eigenvalue weighted by molar-refractivity contribution is 7.47. The summed E-state index contributed by atoms with van der Waals surface area (Å²) in [5.74, 6) is -0.153. The predicted molar refractivity (Wildman–Crippen MR) is 160 cm³/mol. The Hall–Kier alpha value is -4.67. The van der Waals surface area contributed by atoms with E-state index in [9.17, 15) is 34.1 Å². The van der Waals surface area contributed by atoms with Crippen molar-refractivity contribution in [3.8, 4) is 0 Å². The fourth-order valence-electron chi connectivity index (χ4n) is 6.41. The van der Waals surface area contributed by atoms with Crippen molar-refractivity contribution in [3.05, 3.63) is 55.3 Å². The molecule has 0 amide bonds. The van der Waals surface area contributed by atoms with E-state index in [1.807, 2.05) is 0 Å². The second-order valence-corrected chi connectivity index (χ2v) is 12.9. The fourth-order valence-corrected chi connectivity index (χ4v) is 7.37. The zero-order valence-corrected chi connectivity index (χ0v) is 25.2. The molecule has 3 aliphatic rings. The smallest absolute Gasteiger partial charge is 0.388 e. The maximum Gasteiger partial charge on any atom is 0.472 e. The first-order chi connectivity index (χ1) is 22.9. The Balaban J connectivity index is 1.15. The molecule has 7 heterocycles. The van der Waals surface area contributed by atoms with Crippen LogP contribution in [0.2, 0.25) is 0 Å². The van der Waals surface area contributed by atoms with Crippen molar-refractivity contribution < 1.29 is 38.2 Å². The van der Waals surface area contributed by atoms with Crippen LogP contribution in [0.25, 0.3) is 22.3 Å². The fraction of sp³-hybridized carbons (Fsp3) is 0.440. The van der Waals surface area contributed by atoms with Crippen LogP contribution in [0.5, 0.6) is 0 Å². The lowest BCUT2D eigenvalue weighted by Gasteiger charge is -2.27. The highest BCUT2D eigenvalue weighted by atomic mass is 31.2. The molecule has 48 heavy (non-hydrogen) atoms. The number of nitrogens with one attached hydrogen (secondary N) is 2. The number of hydrogen-bond donors (Lipinski definition) is 7. The van der Waals surface area contributed by atoms with E-state index in [-0.39, 0.29) is 58.2 Å². The summed E-state index contributed by atoms with van der Waals surface area (Å²) in [5, 5.41) is 25.6. The number of H-pyrrole nitrogens is 1. The number of aromatic nitrogens is 8. The molecular weight excluding hydrogens is 661 g/mol. The minimum Gasteiger partial charge on any atom is -0.388 e. The number of ether oxygens (including phenoxy) is 2. The first kappa shape index (κ1) is 30.7. The number of anilines is 3. The number of imidazole rings is 2. The van der Waals surface area contributed by atoms with Gasteiger partial charge in [0, 0.05) is 5.56 Å². The Morgan fingerprint density at radius 2 is 1.65 bits per heavy atom. The largest absolute Gasteiger partial charge is 0.472 e. The first-order valence-corrected chi connectivity index (χ1v) is 16.0. The van der Waals surface area contributed by atoms with Crippen LogP contribution in [0.15, 0.2) is 33.4 Å². The molecule has 5 aromatic rings. The Morgan fingerprint density at radius 3 is 2.44 bits per heavy atom. The minimum atomic E-state index is -5.00. The summed E-state index contributed by atoms with van der Waals surface area (Å²) in [6.45, 7) is -0.717. The van der Waals surface area contributed by atoms with Crippen molar-refractivity contribution in [3.63, 3.8) is 0 Å². The average molecular weight is 688 g/mol. The van der Waals surface area contributed by atoms with Crippen molar-refractivity contribution in [1.82, 2.24) is 39.0 Å². The number of nitrogens with zero attached hydrogens (tertiary/aromatic N) is 7. The molecule has 1 aromatic carbocycles. The molecule has 2 fully saturated rings. The third-order valence-corrected chi connectivity index (χ3v) is 9.71. The number of aliphatic hydroxyl groups is 2. The molecule has 0 saturated carbocycles. The first-order valence-electron chi connectivity index (χ1n) is 14.5. The molecule has 0 spiro atoms. The van der Waals surface area contributed by atoms with E-state index >= 15 is 0 Å². The highest BCUT2D eigenvalue weighted by Gasteiger charge is 2.51. The summed E-state index contributed by atoms with van der Waals surface area (Å²) in [6.07, 6.45) is -5.99. The number of nitrogens with two attached hydrogens (primary N) is 2. The van der Waals surface area contributed by atoms with E-state index in [0.29, 0.717) is 0 Å². The summed E-state index contributed by atoms with van der Waals surface area (Å²) in [6, 6.07) is -1.19. The summed E-state index contributed by atoms with van der Waals surface area (Å²) < 4.78 is 38.7. The van der Waals surface area contributed by atoms with Crippen LogP contribution in [0.3, 0.4) is 0 Å². The summed E-state index contributed by atoms with van der Waals surface area (Å²) in [4.78, 5) is 71.5. The molecule has 0 aliphatic carbocycles. The molecule has 0 radical (unpaired) electrons. The molecule has 22 nitrogen and oxygen atoms in total. The molecule has 2 saturated heterocycles. The number of phosphoric ester groups is 1. The Bertz CT molecular complexity index is 2260. The van der Waals surface area contributed by atoms with Gasteiger partial charge in [-0.25, -0.2) is 24.5 Å². The SMILES string of the molecule is Nc1nc2c(ncn2[C@@H]2O[C@@H]3COP(=O)(O)O[C@@H]4C(O)[C@H](n5cnc6c(N)ncnc65)O[C@@H]4CCc4c(c(=O)c4=O)N[C@H]2C3O)c(=O)[nH]1. The van der Waals surface area contributed by atoms with Gasteiger partial charge in [0.1, 0.15) is 42.3 Å². The lowest BCUT2D eigenvalue weighted by atomic mass is 9.96. The minimum absolute atomic E-state index is 0.0190. The monoisotopic (exact) mass is 687 g/mol. The normalized spacial score (nSPS) is 32.6. The molecule has 3 unspecified atom stereocenters. The predicted octanol–water partition coefficient (Wildman–Crippen LogP) is -2.83. The van der Waals surface area contributed by atoms with Gasteiger partial charge in [-0.15, -0.1) is 0 Å². The second kappa shape index (κ2) is 10.9.